The zero-order valence-electron chi connectivity index (χ0n) is 20.5. The molecule has 3 aromatic rings. The topological polar surface area (TPSA) is 119 Å². The molecule has 3 heterocycles. The molecular weight excluding hydrogens is 500 g/mol. The number of aliphatic hydroxyl groups excluding tert-OH is 1. The number of hydrogen-bond acceptors (Lipinski definition) is 10. The summed E-state index contributed by atoms with van der Waals surface area (Å²) in [7, 11) is 0. The number of para-hydroxylation sites is 1. The summed E-state index contributed by atoms with van der Waals surface area (Å²) in [5, 5.41) is 16.2. The Bertz CT molecular complexity index is 1240. The minimum atomic E-state index is -0.292. The lowest BCUT2D eigenvalue weighted by atomic mass is 10.2. The number of thiazole rings is 1. The number of aromatic nitrogens is 4. The quantitative estimate of drug-likeness (QED) is 0.400. The minimum absolute atomic E-state index is 0.149. The predicted octanol–water partition coefficient (Wildman–Crippen LogP) is 3.82. The second-order valence-corrected chi connectivity index (χ2v) is 9.78. The number of nitrogens with zero attached hydrogens (tertiary/aromatic N) is 6. The normalized spacial score (nSPS) is 14.7. The molecule has 1 saturated heterocycles. The lowest BCUT2D eigenvalue weighted by Crippen LogP contribution is -2.47. The van der Waals surface area contributed by atoms with Gasteiger partial charge in [0.25, 0.3) is 5.91 Å². The number of amides is 1. The Labute approximate surface area is 219 Å². The summed E-state index contributed by atoms with van der Waals surface area (Å²) in [6.45, 7) is 9.73. The van der Waals surface area contributed by atoms with Gasteiger partial charge in [0.1, 0.15) is 4.88 Å². The van der Waals surface area contributed by atoms with Crippen LogP contribution in [0.3, 0.4) is 0 Å². The first-order chi connectivity index (χ1) is 17.4. The van der Waals surface area contributed by atoms with E-state index in [1.807, 2.05) is 39.0 Å². The fourth-order valence-electron chi connectivity index (χ4n) is 3.68. The maximum absolute atomic E-state index is 12.8. The molecule has 3 N–H and O–H groups in total. The van der Waals surface area contributed by atoms with E-state index in [-0.39, 0.29) is 12.5 Å². The second-order valence-electron chi connectivity index (χ2n) is 8.35. The van der Waals surface area contributed by atoms with E-state index in [0.717, 1.165) is 37.3 Å². The second kappa shape index (κ2) is 11.7. The van der Waals surface area contributed by atoms with Crippen LogP contribution in [-0.2, 0) is 0 Å². The Balaban J connectivity index is 1.52. The van der Waals surface area contributed by atoms with Crippen molar-refractivity contribution in [3.63, 3.8) is 0 Å². The number of hydrogen-bond donors (Lipinski definition) is 3. The van der Waals surface area contributed by atoms with Gasteiger partial charge in [-0.25, -0.2) is 4.98 Å². The Morgan fingerprint density at radius 1 is 1.22 bits per heavy atom. The van der Waals surface area contributed by atoms with Crippen molar-refractivity contribution in [3.8, 4) is 0 Å². The summed E-state index contributed by atoms with van der Waals surface area (Å²) in [4.78, 5) is 35.7. The van der Waals surface area contributed by atoms with Crippen LogP contribution < -0.4 is 15.5 Å². The van der Waals surface area contributed by atoms with E-state index >= 15 is 0 Å². The Morgan fingerprint density at radius 2 is 2.00 bits per heavy atom. The number of nitrogens with one attached hydrogen (secondary N) is 2. The molecule has 1 fully saturated rings. The number of benzene rings is 1. The SMILES string of the molecule is C/C=C(/C)c1nc(Nc2ncc(C(=O)Nc3c(C)cccc3Cl)s2)nc(N2CCN(CCO)CC2)n1. The van der Waals surface area contributed by atoms with Crippen molar-refractivity contribution in [2.75, 3.05) is 54.9 Å². The fraction of sp³-hybridized carbons (Fsp3) is 0.375. The molecule has 12 heteroatoms. The Hall–Kier alpha value is -3.12. The summed E-state index contributed by atoms with van der Waals surface area (Å²) in [5.41, 5.74) is 2.38. The lowest BCUT2D eigenvalue weighted by Gasteiger charge is -2.34. The first-order valence-corrected chi connectivity index (χ1v) is 12.8. The maximum Gasteiger partial charge on any atom is 0.267 e. The van der Waals surface area contributed by atoms with Crippen LogP contribution in [0.1, 0.15) is 34.9 Å². The standard InChI is InChI=1S/C24H29ClN8O2S/c1-4-15(2)20-28-22(30-23(29-20)33-10-8-32(9-11-33)12-13-34)31-24-26-14-18(36-24)21(35)27-19-16(3)6-5-7-17(19)25/h4-7,14,34H,8-13H2,1-3H3,(H,27,35)(H,26,28,29,30,31)/b15-4-. The average molecular weight is 529 g/mol. The third-order valence-electron chi connectivity index (χ3n) is 5.89. The van der Waals surface area contributed by atoms with Crippen molar-refractivity contribution in [3.05, 3.63) is 51.8 Å². The van der Waals surface area contributed by atoms with Crippen molar-refractivity contribution < 1.29 is 9.90 Å². The van der Waals surface area contributed by atoms with E-state index in [2.05, 4.69) is 40.4 Å². The van der Waals surface area contributed by atoms with E-state index in [4.69, 9.17) is 11.6 Å². The molecule has 0 saturated carbocycles. The summed E-state index contributed by atoms with van der Waals surface area (Å²) in [6, 6.07) is 5.46. The van der Waals surface area contributed by atoms with Crippen LogP contribution in [0.25, 0.3) is 5.57 Å². The summed E-state index contributed by atoms with van der Waals surface area (Å²) in [6.07, 6.45) is 3.46. The van der Waals surface area contributed by atoms with E-state index in [1.54, 1.807) is 6.07 Å². The van der Waals surface area contributed by atoms with Crippen LogP contribution in [0, 0.1) is 6.92 Å². The van der Waals surface area contributed by atoms with Gasteiger partial charge in [-0.05, 0) is 38.0 Å². The molecule has 0 aliphatic carbocycles. The first-order valence-electron chi connectivity index (χ1n) is 11.6. The maximum atomic E-state index is 12.8. The highest BCUT2D eigenvalue weighted by atomic mass is 35.5. The van der Waals surface area contributed by atoms with Crippen molar-refractivity contribution in [2.45, 2.75) is 20.8 Å². The zero-order chi connectivity index (χ0) is 25.7. The molecule has 10 nitrogen and oxygen atoms in total. The Morgan fingerprint density at radius 3 is 2.69 bits per heavy atom. The molecule has 2 aromatic heterocycles. The number of allylic oxidation sites excluding steroid dienone is 2. The fourth-order valence-corrected chi connectivity index (χ4v) is 4.65. The molecule has 0 atom stereocenters. The largest absolute Gasteiger partial charge is 0.395 e. The number of carbonyl (C=O) groups is 1. The molecular formula is C24H29ClN8O2S. The molecule has 36 heavy (non-hydrogen) atoms. The lowest BCUT2D eigenvalue weighted by molar-refractivity contribution is 0.103. The number of piperazine rings is 1. The van der Waals surface area contributed by atoms with E-state index in [0.29, 0.717) is 45.0 Å². The van der Waals surface area contributed by atoms with Crippen LogP contribution in [0.15, 0.2) is 30.5 Å². The highest BCUT2D eigenvalue weighted by Crippen LogP contribution is 2.28. The number of halogens is 1. The number of aryl methyl sites for hydroxylation is 1. The molecule has 1 aromatic carbocycles. The smallest absolute Gasteiger partial charge is 0.267 e. The van der Waals surface area contributed by atoms with Crippen molar-refractivity contribution in [1.82, 2.24) is 24.8 Å². The molecule has 1 aliphatic heterocycles. The van der Waals surface area contributed by atoms with E-state index < -0.39 is 0 Å². The Kier molecular flexibility index (Phi) is 8.47. The minimum Gasteiger partial charge on any atom is -0.395 e. The molecule has 0 bridgehead atoms. The number of β-amino-alcohol motifs (C(OH)–C–C–N with tert-alkyl or cyclic N) is 1. The van der Waals surface area contributed by atoms with Gasteiger partial charge in [-0.1, -0.05) is 41.1 Å². The molecule has 0 unspecified atom stereocenters. The van der Waals surface area contributed by atoms with Crippen molar-refractivity contribution >= 4 is 57.1 Å². The van der Waals surface area contributed by atoms with Crippen LogP contribution in [0.5, 0.6) is 0 Å². The zero-order valence-corrected chi connectivity index (χ0v) is 22.0. The van der Waals surface area contributed by atoms with Crippen molar-refractivity contribution in [2.24, 2.45) is 0 Å². The van der Waals surface area contributed by atoms with E-state index in [9.17, 15) is 9.90 Å². The summed E-state index contributed by atoms with van der Waals surface area (Å²) >= 11 is 7.44. The summed E-state index contributed by atoms with van der Waals surface area (Å²) < 4.78 is 0. The van der Waals surface area contributed by atoms with E-state index in [1.165, 1.54) is 17.5 Å². The van der Waals surface area contributed by atoms with Gasteiger partial charge in [-0.2, -0.15) is 15.0 Å². The van der Waals surface area contributed by atoms with Gasteiger partial charge in [0.2, 0.25) is 11.9 Å². The van der Waals surface area contributed by atoms with Gasteiger partial charge in [0, 0.05) is 32.7 Å². The monoisotopic (exact) mass is 528 g/mol. The van der Waals surface area contributed by atoms with Gasteiger partial charge in [0.05, 0.1) is 23.5 Å². The van der Waals surface area contributed by atoms with Crippen LogP contribution in [-0.4, -0.2) is 75.2 Å². The van der Waals surface area contributed by atoms with Crippen LogP contribution >= 0.6 is 22.9 Å². The number of anilines is 4. The molecule has 0 radical (unpaired) electrons. The third-order valence-corrected chi connectivity index (χ3v) is 7.12. The van der Waals surface area contributed by atoms with Gasteiger partial charge < -0.3 is 15.3 Å². The molecule has 190 valence electrons. The molecule has 1 aliphatic rings. The highest BCUT2D eigenvalue weighted by Gasteiger charge is 2.21. The summed E-state index contributed by atoms with van der Waals surface area (Å²) in [5.74, 6) is 1.22. The first kappa shape index (κ1) is 26.0. The number of rotatable bonds is 8. The van der Waals surface area contributed by atoms with Gasteiger partial charge in [-0.3, -0.25) is 15.0 Å². The van der Waals surface area contributed by atoms with Crippen LogP contribution in [0.2, 0.25) is 5.02 Å². The van der Waals surface area contributed by atoms with Crippen LogP contribution in [0.4, 0.5) is 22.7 Å². The molecule has 0 spiro atoms. The highest BCUT2D eigenvalue weighted by molar-refractivity contribution is 7.17. The molecule has 1 amide bonds. The average Bonchev–Trinajstić information content (AvgIpc) is 3.35. The van der Waals surface area contributed by atoms with Crippen molar-refractivity contribution in [1.29, 1.82) is 0 Å². The number of carbonyl (C=O) groups excluding carboxylic acids is 1. The predicted molar refractivity (Wildman–Crippen MR) is 144 cm³/mol. The van der Waals surface area contributed by atoms with Gasteiger partial charge in [0.15, 0.2) is 11.0 Å². The van der Waals surface area contributed by atoms with Gasteiger partial charge >= 0.3 is 0 Å². The number of aliphatic hydroxyl groups is 1. The van der Waals surface area contributed by atoms with Gasteiger partial charge in [-0.15, -0.1) is 0 Å². The molecule has 4 rings (SSSR count). The third kappa shape index (κ3) is 6.16.